The summed E-state index contributed by atoms with van der Waals surface area (Å²) < 4.78 is 32.2. The van der Waals surface area contributed by atoms with Crippen molar-refractivity contribution in [2.75, 3.05) is 5.32 Å². The number of nitrogens with zero attached hydrogens (tertiary/aromatic N) is 3. The van der Waals surface area contributed by atoms with Gasteiger partial charge in [0.15, 0.2) is 0 Å². The Bertz CT molecular complexity index is 702. The zero-order valence-corrected chi connectivity index (χ0v) is 12.5. The van der Waals surface area contributed by atoms with Crippen LogP contribution < -0.4 is 10.1 Å². The van der Waals surface area contributed by atoms with Gasteiger partial charge in [-0.15, -0.1) is 5.10 Å². The number of carbonyl (C=O) groups excluding carboxylic acids is 1. The topological polar surface area (TPSA) is 87.9 Å². The first-order valence-corrected chi connectivity index (χ1v) is 7.54. The zero-order valence-electron chi connectivity index (χ0n) is 10.8. The molecule has 1 aromatic carbocycles. The van der Waals surface area contributed by atoms with E-state index in [2.05, 4.69) is 19.6 Å². The molecule has 0 aliphatic carbocycles. The fourth-order valence-electron chi connectivity index (χ4n) is 1.51. The Morgan fingerprint density at radius 2 is 2.36 bits per heavy atom. The number of hydrogen-bond acceptors (Lipinski definition) is 7. The first-order chi connectivity index (χ1) is 10.6. The molecule has 0 unspecified atom stereocenters. The molecule has 0 bridgehead atoms. The van der Waals surface area contributed by atoms with E-state index in [-0.39, 0.29) is 16.4 Å². The summed E-state index contributed by atoms with van der Waals surface area (Å²) in [5, 5.41) is 16.7. The number of aromatic nitrogens is 2. The molecule has 0 atom stereocenters. The lowest BCUT2D eigenvalue weighted by atomic mass is 10.3. The summed E-state index contributed by atoms with van der Waals surface area (Å²) in [4.78, 5) is 12.4. The third kappa shape index (κ3) is 4.37. The van der Waals surface area contributed by atoms with E-state index in [0.717, 1.165) is 23.3 Å². The normalized spacial score (nSPS) is 10.3. The van der Waals surface area contributed by atoms with Crippen LogP contribution in [0.2, 0.25) is 0 Å². The van der Waals surface area contributed by atoms with Crippen LogP contribution in [-0.2, 0) is 5.75 Å². The van der Waals surface area contributed by atoms with Crippen molar-refractivity contribution in [1.82, 2.24) is 9.59 Å². The Labute approximate surface area is 132 Å². The maximum absolute atomic E-state index is 12.2. The Morgan fingerprint density at radius 1 is 1.55 bits per heavy atom. The highest BCUT2D eigenvalue weighted by molar-refractivity contribution is 8.02. The summed E-state index contributed by atoms with van der Waals surface area (Å²) in [6, 6.07) is 5.65. The smallest absolute Gasteiger partial charge is 0.387 e. The average Bonchev–Trinajstić information content (AvgIpc) is 2.93. The van der Waals surface area contributed by atoms with E-state index in [1.54, 1.807) is 0 Å². The van der Waals surface area contributed by atoms with E-state index >= 15 is 0 Å². The number of amides is 1. The van der Waals surface area contributed by atoms with Gasteiger partial charge in [-0.05, 0) is 35.4 Å². The molecule has 0 aliphatic heterocycles. The molecule has 0 aliphatic rings. The van der Waals surface area contributed by atoms with Gasteiger partial charge in [0.05, 0.1) is 11.4 Å². The number of thioether (sulfide) groups is 1. The summed E-state index contributed by atoms with van der Waals surface area (Å²) in [5.74, 6) is -0.294. The lowest BCUT2D eigenvalue weighted by Crippen LogP contribution is -2.12. The van der Waals surface area contributed by atoms with Gasteiger partial charge in [-0.25, -0.2) is 0 Å². The second-order valence-electron chi connectivity index (χ2n) is 3.79. The van der Waals surface area contributed by atoms with Crippen LogP contribution in [0.4, 0.5) is 14.5 Å². The lowest BCUT2D eigenvalue weighted by molar-refractivity contribution is -0.0497. The summed E-state index contributed by atoms with van der Waals surface area (Å²) in [6.07, 6.45) is 0. The van der Waals surface area contributed by atoms with E-state index < -0.39 is 12.5 Å². The first kappa shape index (κ1) is 16.1. The van der Waals surface area contributed by atoms with Crippen molar-refractivity contribution in [3.05, 3.63) is 34.8 Å². The van der Waals surface area contributed by atoms with Crippen molar-refractivity contribution >= 4 is 34.9 Å². The number of anilines is 1. The fourth-order valence-corrected chi connectivity index (χ4v) is 2.58. The second-order valence-corrected chi connectivity index (χ2v) is 5.30. The number of nitriles is 1. The zero-order chi connectivity index (χ0) is 15.9. The molecule has 2 aromatic rings. The van der Waals surface area contributed by atoms with Gasteiger partial charge in [-0.3, -0.25) is 4.79 Å². The highest BCUT2D eigenvalue weighted by Crippen LogP contribution is 2.22. The lowest BCUT2D eigenvalue weighted by Gasteiger charge is -2.07. The first-order valence-electron chi connectivity index (χ1n) is 5.78. The van der Waals surface area contributed by atoms with E-state index in [1.807, 2.05) is 5.40 Å². The third-order valence-corrected chi connectivity index (χ3v) is 3.67. The van der Waals surface area contributed by atoms with Gasteiger partial charge in [0.25, 0.3) is 5.91 Å². The standard InChI is InChI=1S/C12H8F2N4O2S2/c13-12(14)20-8-3-1-2-7(4-8)16-11(19)10-9(5-21-6-15)17-18-22-10/h1-4,12H,5H2,(H,16,19). The van der Waals surface area contributed by atoms with Crippen LogP contribution >= 0.6 is 23.3 Å². The Morgan fingerprint density at radius 3 is 3.09 bits per heavy atom. The average molecular weight is 342 g/mol. The number of thiocyanates is 1. The molecule has 0 saturated heterocycles. The number of hydrogen-bond donors (Lipinski definition) is 1. The minimum absolute atomic E-state index is 0.0597. The summed E-state index contributed by atoms with van der Waals surface area (Å²) in [6.45, 7) is -2.94. The molecule has 1 aromatic heterocycles. The maximum Gasteiger partial charge on any atom is 0.387 e. The number of ether oxygens (including phenoxy) is 1. The molecule has 22 heavy (non-hydrogen) atoms. The van der Waals surface area contributed by atoms with E-state index in [0.29, 0.717) is 11.4 Å². The van der Waals surface area contributed by atoms with Gasteiger partial charge in [0.2, 0.25) is 0 Å². The minimum atomic E-state index is -2.94. The largest absolute Gasteiger partial charge is 0.435 e. The van der Waals surface area contributed by atoms with E-state index in [9.17, 15) is 13.6 Å². The molecule has 1 amide bonds. The van der Waals surface area contributed by atoms with Crippen molar-refractivity contribution < 1.29 is 18.3 Å². The van der Waals surface area contributed by atoms with Crippen LogP contribution in [-0.4, -0.2) is 22.1 Å². The number of alkyl halides is 2. The fraction of sp³-hybridized carbons (Fsp3) is 0.167. The third-order valence-electron chi connectivity index (χ3n) is 2.35. The van der Waals surface area contributed by atoms with Crippen molar-refractivity contribution in [3.63, 3.8) is 0 Å². The monoisotopic (exact) mass is 342 g/mol. The molecule has 114 valence electrons. The number of rotatable bonds is 6. The number of nitrogens with one attached hydrogen (secondary N) is 1. The molecule has 1 N–H and O–H groups in total. The highest BCUT2D eigenvalue weighted by atomic mass is 32.2. The Kier molecular flexibility index (Phi) is 5.62. The van der Waals surface area contributed by atoms with Gasteiger partial charge < -0.3 is 10.1 Å². The molecule has 0 fully saturated rings. The SMILES string of the molecule is N#CSCc1nnsc1C(=O)Nc1cccc(OC(F)F)c1. The van der Waals surface area contributed by atoms with Gasteiger partial charge in [-0.1, -0.05) is 10.6 Å². The van der Waals surface area contributed by atoms with Crippen LogP contribution in [0.5, 0.6) is 5.75 Å². The summed E-state index contributed by atoms with van der Waals surface area (Å²) in [7, 11) is 0. The maximum atomic E-state index is 12.2. The second kappa shape index (κ2) is 7.67. The summed E-state index contributed by atoms with van der Waals surface area (Å²) >= 11 is 1.83. The van der Waals surface area contributed by atoms with Crippen LogP contribution in [0, 0.1) is 10.7 Å². The molecule has 1 heterocycles. The number of halogens is 2. The van der Waals surface area contributed by atoms with Gasteiger partial charge in [-0.2, -0.15) is 14.0 Å². The van der Waals surface area contributed by atoms with Crippen molar-refractivity contribution in [3.8, 4) is 11.2 Å². The predicted molar refractivity (Wildman–Crippen MR) is 77.8 cm³/mol. The van der Waals surface area contributed by atoms with Gasteiger partial charge in [0.1, 0.15) is 16.0 Å². The Hall–Kier alpha value is -2.25. The van der Waals surface area contributed by atoms with E-state index in [1.165, 1.54) is 24.3 Å². The van der Waals surface area contributed by atoms with Crippen molar-refractivity contribution in [2.24, 2.45) is 0 Å². The van der Waals surface area contributed by atoms with Gasteiger partial charge >= 0.3 is 6.61 Å². The molecule has 6 nitrogen and oxygen atoms in total. The van der Waals surface area contributed by atoms with Crippen molar-refractivity contribution in [2.45, 2.75) is 12.4 Å². The molecule has 0 spiro atoms. The number of carbonyl (C=O) groups is 1. The molecular weight excluding hydrogens is 334 g/mol. The van der Waals surface area contributed by atoms with Crippen LogP contribution in [0.3, 0.4) is 0 Å². The highest BCUT2D eigenvalue weighted by Gasteiger charge is 2.17. The Balaban J connectivity index is 2.09. The van der Waals surface area contributed by atoms with Crippen molar-refractivity contribution in [1.29, 1.82) is 5.26 Å². The molecular formula is C12H8F2N4O2S2. The molecule has 2 rings (SSSR count). The van der Waals surface area contributed by atoms with Crippen LogP contribution in [0.1, 0.15) is 15.4 Å². The molecule has 10 heteroatoms. The predicted octanol–water partition coefficient (Wildman–Crippen LogP) is 3.11. The summed E-state index contributed by atoms with van der Waals surface area (Å²) in [5.41, 5.74) is 0.699. The van der Waals surface area contributed by atoms with Crippen LogP contribution in [0.25, 0.3) is 0 Å². The van der Waals surface area contributed by atoms with Gasteiger partial charge in [0, 0.05) is 11.8 Å². The van der Waals surface area contributed by atoms with E-state index in [4.69, 9.17) is 5.26 Å². The quantitative estimate of drug-likeness (QED) is 0.812. The minimum Gasteiger partial charge on any atom is -0.435 e. The van der Waals surface area contributed by atoms with Crippen LogP contribution in [0.15, 0.2) is 24.3 Å². The molecule has 0 radical (unpaired) electrons. The molecule has 0 saturated carbocycles. The number of benzene rings is 1.